The van der Waals surface area contributed by atoms with Gasteiger partial charge in [-0.3, -0.25) is 14.4 Å². The molecule has 29 heavy (non-hydrogen) atoms. The van der Waals surface area contributed by atoms with E-state index in [-0.39, 0.29) is 23.8 Å². The van der Waals surface area contributed by atoms with Gasteiger partial charge in [0.05, 0.1) is 0 Å². The van der Waals surface area contributed by atoms with Crippen LogP contribution in [0.3, 0.4) is 0 Å². The van der Waals surface area contributed by atoms with Crippen molar-refractivity contribution in [1.82, 2.24) is 15.5 Å². The van der Waals surface area contributed by atoms with E-state index in [0.717, 1.165) is 30.4 Å². The minimum absolute atomic E-state index is 0.0652. The number of carbonyl (C=O) groups excluding carboxylic acids is 3. The number of piperidine rings is 1. The quantitative estimate of drug-likeness (QED) is 0.695. The maximum atomic E-state index is 12.7. The van der Waals surface area contributed by atoms with Crippen molar-refractivity contribution in [2.45, 2.75) is 46.1 Å². The molecular formula is C23H31N3O3. The van der Waals surface area contributed by atoms with Gasteiger partial charge in [-0.25, -0.2) is 0 Å². The number of nitrogens with one attached hydrogen (secondary N) is 2. The van der Waals surface area contributed by atoms with Gasteiger partial charge in [-0.15, -0.1) is 0 Å². The summed E-state index contributed by atoms with van der Waals surface area (Å²) in [6.07, 6.45) is 5.74. The second-order valence-corrected chi connectivity index (χ2v) is 7.46. The summed E-state index contributed by atoms with van der Waals surface area (Å²) in [4.78, 5) is 38.2. The van der Waals surface area contributed by atoms with E-state index in [1.807, 2.05) is 32.1 Å². The molecule has 0 radical (unpaired) electrons. The summed E-state index contributed by atoms with van der Waals surface area (Å²) in [6.45, 7) is 11.1. The first-order chi connectivity index (χ1) is 13.8. The molecule has 2 rings (SSSR count). The number of hydrogen-bond acceptors (Lipinski definition) is 3. The predicted octanol–water partition coefficient (Wildman–Crippen LogP) is 2.83. The van der Waals surface area contributed by atoms with Crippen molar-refractivity contribution < 1.29 is 14.4 Å². The van der Waals surface area contributed by atoms with Gasteiger partial charge in [0.1, 0.15) is 0 Å². The minimum Gasteiger partial charge on any atom is -0.352 e. The molecular weight excluding hydrogens is 366 g/mol. The summed E-state index contributed by atoms with van der Waals surface area (Å²) in [5, 5.41) is 5.88. The highest BCUT2D eigenvalue weighted by Crippen LogP contribution is 2.16. The molecule has 0 aromatic heterocycles. The van der Waals surface area contributed by atoms with Crippen LogP contribution in [0.2, 0.25) is 0 Å². The first kappa shape index (κ1) is 22.4. The molecule has 1 heterocycles. The van der Waals surface area contributed by atoms with Gasteiger partial charge in [-0.2, -0.15) is 0 Å². The van der Waals surface area contributed by atoms with Crippen molar-refractivity contribution in [2.24, 2.45) is 0 Å². The van der Waals surface area contributed by atoms with Crippen LogP contribution in [0.5, 0.6) is 0 Å². The van der Waals surface area contributed by atoms with Crippen LogP contribution in [-0.4, -0.2) is 48.3 Å². The van der Waals surface area contributed by atoms with E-state index in [4.69, 9.17) is 0 Å². The Morgan fingerprint density at radius 3 is 2.72 bits per heavy atom. The highest BCUT2D eigenvalue weighted by molar-refractivity contribution is 5.98. The number of likely N-dealkylation sites (tertiary alicyclic amines) is 1. The Kier molecular flexibility index (Phi) is 8.19. The Bertz CT molecular complexity index is 814. The third-order valence-corrected chi connectivity index (χ3v) is 5.04. The molecule has 1 fully saturated rings. The molecule has 156 valence electrons. The van der Waals surface area contributed by atoms with E-state index in [2.05, 4.69) is 17.2 Å². The fraction of sp³-hybridized carbons (Fsp3) is 0.435. The summed E-state index contributed by atoms with van der Waals surface area (Å²) in [7, 11) is 0. The van der Waals surface area contributed by atoms with Crippen molar-refractivity contribution in [3.63, 3.8) is 0 Å². The number of hydrogen-bond donors (Lipinski definition) is 2. The molecule has 0 saturated carbocycles. The second-order valence-electron chi connectivity index (χ2n) is 7.46. The monoisotopic (exact) mass is 397 g/mol. The number of nitrogens with zero attached hydrogens (tertiary/aromatic N) is 1. The highest BCUT2D eigenvalue weighted by Gasteiger charge is 2.23. The molecule has 0 aliphatic carbocycles. The van der Waals surface area contributed by atoms with E-state index in [1.54, 1.807) is 17.9 Å². The van der Waals surface area contributed by atoms with Crippen LogP contribution in [0.15, 0.2) is 36.4 Å². The molecule has 1 aliphatic heterocycles. The average molecular weight is 398 g/mol. The second kappa shape index (κ2) is 10.6. The molecule has 1 saturated heterocycles. The molecule has 1 aromatic carbocycles. The van der Waals surface area contributed by atoms with Gasteiger partial charge in [-0.05, 0) is 68.5 Å². The first-order valence-corrected chi connectivity index (χ1v) is 10.1. The SMILES string of the molecule is C=CC(=O)N1CCC[C@H](NC(=O)c2ccc(/C=C(\C)C(=O)NCCC)c(C)c2)C1. The average Bonchev–Trinajstić information content (AvgIpc) is 2.72. The lowest BCUT2D eigenvalue weighted by atomic mass is 10.0. The largest absolute Gasteiger partial charge is 0.352 e. The van der Waals surface area contributed by atoms with Crippen LogP contribution < -0.4 is 10.6 Å². The molecule has 0 unspecified atom stereocenters. The van der Waals surface area contributed by atoms with E-state index >= 15 is 0 Å². The van der Waals surface area contributed by atoms with Gasteiger partial charge in [-0.1, -0.05) is 19.6 Å². The normalized spacial score (nSPS) is 16.9. The standard InChI is InChI=1S/C23H31N3O3/c1-5-11-24-22(28)17(4)14-18-9-10-19(13-16(18)3)23(29)25-20-8-7-12-26(15-20)21(27)6-2/h6,9-10,13-14,20H,2,5,7-8,11-12,15H2,1,3-4H3,(H,24,28)(H,25,29)/b17-14+/t20-/m0/s1. The molecule has 0 spiro atoms. The Labute approximate surface area is 173 Å². The molecule has 1 aromatic rings. The van der Waals surface area contributed by atoms with Crippen molar-refractivity contribution in [3.05, 3.63) is 53.1 Å². The Balaban J connectivity index is 2.03. The summed E-state index contributed by atoms with van der Waals surface area (Å²) in [6, 6.07) is 5.38. The molecule has 0 bridgehead atoms. The summed E-state index contributed by atoms with van der Waals surface area (Å²) < 4.78 is 0. The molecule has 6 nitrogen and oxygen atoms in total. The highest BCUT2D eigenvalue weighted by atomic mass is 16.2. The van der Waals surface area contributed by atoms with Gasteiger partial charge in [0.15, 0.2) is 0 Å². The van der Waals surface area contributed by atoms with Gasteiger partial charge in [0, 0.05) is 36.8 Å². The fourth-order valence-corrected chi connectivity index (χ4v) is 3.35. The van der Waals surface area contributed by atoms with Crippen molar-refractivity contribution in [1.29, 1.82) is 0 Å². The zero-order chi connectivity index (χ0) is 21.4. The molecule has 1 aliphatic rings. The summed E-state index contributed by atoms with van der Waals surface area (Å²) >= 11 is 0. The van der Waals surface area contributed by atoms with Crippen LogP contribution in [0.1, 0.15) is 54.6 Å². The van der Waals surface area contributed by atoms with Crippen molar-refractivity contribution in [2.75, 3.05) is 19.6 Å². The van der Waals surface area contributed by atoms with Gasteiger partial charge in [0.25, 0.3) is 5.91 Å². The van der Waals surface area contributed by atoms with E-state index in [0.29, 0.717) is 30.8 Å². The summed E-state index contributed by atoms with van der Waals surface area (Å²) in [5.41, 5.74) is 3.03. The number of rotatable bonds is 7. The fourth-order valence-electron chi connectivity index (χ4n) is 3.35. The van der Waals surface area contributed by atoms with Crippen molar-refractivity contribution in [3.8, 4) is 0 Å². The van der Waals surface area contributed by atoms with Gasteiger partial charge < -0.3 is 15.5 Å². The Hall–Kier alpha value is -2.89. The lowest BCUT2D eigenvalue weighted by Gasteiger charge is -2.32. The van der Waals surface area contributed by atoms with Gasteiger partial charge >= 0.3 is 0 Å². The molecule has 3 amide bonds. The number of aryl methyl sites for hydroxylation is 1. The molecule has 1 atom stereocenters. The number of benzene rings is 1. The Morgan fingerprint density at radius 2 is 2.07 bits per heavy atom. The predicted molar refractivity (Wildman–Crippen MR) is 115 cm³/mol. The topological polar surface area (TPSA) is 78.5 Å². The number of amides is 3. The van der Waals surface area contributed by atoms with Crippen LogP contribution in [-0.2, 0) is 9.59 Å². The lowest BCUT2D eigenvalue weighted by molar-refractivity contribution is -0.127. The third-order valence-electron chi connectivity index (χ3n) is 5.04. The van der Waals surface area contributed by atoms with Gasteiger partial charge in [0.2, 0.25) is 11.8 Å². The smallest absolute Gasteiger partial charge is 0.251 e. The molecule has 2 N–H and O–H groups in total. The first-order valence-electron chi connectivity index (χ1n) is 10.1. The lowest BCUT2D eigenvalue weighted by Crippen LogP contribution is -2.49. The maximum absolute atomic E-state index is 12.7. The minimum atomic E-state index is -0.154. The Morgan fingerprint density at radius 1 is 1.31 bits per heavy atom. The van der Waals surface area contributed by atoms with Crippen LogP contribution in [0.25, 0.3) is 6.08 Å². The third kappa shape index (κ3) is 6.31. The van der Waals surface area contributed by atoms with Crippen LogP contribution >= 0.6 is 0 Å². The number of carbonyl (C=O) groups is 3. The van der Waals surface area contributed by atoms with E-state index in [9.17, 15) is 14.4 Å². The van der Waals surface area contributed by atoms with Crippen LogP contribution in [0.4, 0.5) is 0 Å². The van der Waals surface area contributed by atoms with Crippen LogP contribution in [0, 0.1) is 6.92 Å². The van der Waals surface area contributed by atoms with E-state index < -0.39 is 0 Å². The summed E-state index contributed by atoms with van der Waals surface area (Å²) in [5.74, 6) is -0.336. The van der Waals surface area contributed by atoms with Crippen molar-refractivity contribution >= 4 is 23.8 Å². The zero-order valence-electron chi connectivity index (χ0n) is 17.6. The van der Waals surface area contributed by atoms with E-state index in [1.165, 1.54) is 6.08 Å². The maximum Gasteiger partial charge on any atom is 0.251 e. The molecule has 6 heteroatoms. The zero-order valence-corrected chi connectivity index (χ0v) is 17.6.